The third-order valence-corrected chi connectivity index (χ3v) is 6.34. The number of carbonyl (C=O) groups is 2. The van der Waals surface area contributed by atoms with Gasteiger partial charge in [-0.25, -0.2) is 0 Å². The Balaban J connectivity index is -0.000000402. The summed E-state index contributed by atoms with van der Waals surface area (Å²) >= 11 is 16.3. The van der Waals surface area contributed by atoms with Crippen molar-refractivity contribution < 1.29 is 9.59 Å². The van der Waals surface area contributed by atoms with Gasteiger partial charge in [-0.15, -0.1) is 0 Å². The highest BCUT2D eigenvalue weighted by atomic mass is 127. The molecule has 0 unspecified atom stereocenters. The number of carbonyl (C=O) groups excluding carboxylic acids is 2. The van der Waals surface area contributed by atoms with E-state index in [0.29, 0.717) is 12.1 Å². The van der Waals surface area contributed by atoms with Crippen molar-refractivity contribution in [3.8, 4) is 0 Å². The summed E-state index contributed by atoms with van der Waals surface area (Å²) in [5.74, 6) is 0.325. The zero-order valence-corrected chi connectivity index (χ0v) is 29.7. The SMILES string of the molecule is CC(C)C(=O)Cc1cncc(Br)c1.CC(C)C(=O)Cl.CCC.CCC(I)I.Nc1cncc(Br)c1. The number of halogens is 5. The van der Waals surface area contributed by atoms with E-state index in [1.165, 1.54) is 12.8 Å². The Bertz CT molecular complexity index is 810. The molecule has 0 radical (unpaired) electrons. The lowest BCUT2D eigenvalue weighted by molar-refractivity contribution is -0.121. The average molecular weight is 862 g/mol. The van der Waals surface area contributed by atoms with Gasteiger partial charge in [-0.05, 0) is 67.6 Å². The summed E-state index contributed by atoms with van der Waals surface area (Å²) in [6.45, 7) is 13.8. The summed E-state index contributed by atoms with van der Waals surface area (Å²) in [5.41, 5.74) is 7.01. The van der Waals surface area contributed by atoms with Crippen molar-refractivity contribution in [3.63, 3.8) is 0 Å². The van der Waals surface area contributed by atoms with Gasteiger partial charge in [-0.1, -0.05) is 100 Å². The normalized spacial score (nSPS) is 9.46. The molecule has 10 heteroatoms. The Morgan fingerprint density at radius 1 is 0.914 bits per heavy atom. The van der Waals surface area contributed by atoms with E-state index in [4.69, 9.17) is 17.3 Å². The third-order valence-electron chi connectivity index (χ3n) is 3.27. The Labute approximate surface area is 261 Å². The van der Waals surface area contributed by atoms with Gasteiger partial charge in [0, 0.05) is 52.0 Å². The summed E-state index contributed by atoms with van der Waals surface area (Å²) in [7, 11) is 0. The molecule has 5 nitrogen and oxygen atoms in total. The van der Waals surface area contributed by atoms with Gasteiger partial charge < -0.3 is 5.73 Å². The number of aromatic nitrogens is 2. The lowest BCUT2D eigenvalue weighted by atomic mass is 10.0. The van der Waals surface area contributed by atoms with Gasteiger partial charge in [0.2, 0.25) is 5.24 Å². The molecule has 200 valence electrons. The minimum Gasteiger partial charge on any atom is -0.397 e. The van der Waals surface area contributed by atoms with Crippen LogP contribution in [-0.2, 0) is 16.0 Å². The minimum atomic E-state index is -0.269. The highest BCUT2D eigenvalue weighted by molar-refractivity contribution is 14.2. The van der Waals surface area contributed by atoms with Crippen LogP contribution in [0.15, 0.2) is 45.9 Å². The number of rotatable bonds is 5. The van der Waals surface area contributed by atoms with Crippen molar-refractivity contribution in [1.29, 1.82) is 0 Å². The van der Waals surface area contributed by atoms with Gasteiger partial charge in [0.1, 0.15) is 5.78 Å². The predicted octanol–water partition coefficient (Wildman–Crippen LogP) is 9.45. The Hall–Kier alpha value is 0.150. The van der Waals surface area contributed by atoms with Crippen molar-refractivity contribution in [2.45, 2.75) is 69.7 Å². The summed E-state index contributed by atoms with van der Waals surface area (Å²) in [6, 6.07) is 3.72. The van der Waals surface area contributed by atoms with Crippen LogP contribution in [0, 0.1) is 11.8 Å². The fourth-order valence-corrected chi connectivity index (χ4v) is 2.18. The number of nitrogens with zero attached hydrogens (tertiary/aromatic N) is 2. The lowest BCUT2D eigenvalue weighted by Crippen LogP contribution is -2.10. The quantitative estimate of drug-likeness (QED) is 0.184. The molecular formula is C25H38Br2ClI2N3O2. The summed E-state index contributed by atoms with van der Waals surface area (Å²) in [4.78, 5) is 29.1. The first-order chi connectivity index (χ1) is 16.2. The molecule has 2 N–H and O–H groups in total. The number of anilines is 1. The predicted molar refractivity (Wildman–Crippen MR) is 176 cm³/mol. The number of pyridine rings is 2. The largest absolute Gasteiger partial charge is 0.397 e. The molecule has 35 heavy (non-hydrogen) atoms. The number of hydrogen-bond acceptors (Lipinski definition) is 5. The van der Waals surface area contributed by atoms with E-state index in [0.717, 1.165) is 16.4 Å². The highest BCUT2D eigenvalue weighted by Crippen LogP contribution is 2.12. The molecule has 0 saturated carbocycles. The van der Waals surface area contributed by atoms with E-state index in [9.17, 15) is 9.59 Å². The van der Waals surface area contributed by atoms with Crippen LogP contribution in [0.3, 0.4) is 0 Å². The van der Waals surface area contributed by atoms with Crippen LogP contribution in [-0.4, -0.2) is 22.9 Å². The van der Waals surface area contributed by atoms with Gasteiger partial charge >= 0.3 is 0 Å². The fraction of sp³-hybridized carbons (Fsp3) is 0.520. The number of Topliss-reactive ketones (excluding diaryl/α,β-unsaturated/α-hetero) is 1. The highest BCUT2D eigenvalue weighted by Gasteiger charge is 2.08. The smallest absolute Gasteiger partial charge is 0.224 e. The molecule has 0 bridgehead atoms. The van der Waals surface area contributed by atoms with Crippen LogP contribution in [0.25, 0.3) is 0 Å². The molecule has 0 aliphatic carbocycles. The second-order valence-electron chi connectivity index (χ2n) is 7.71. The Morgan fingerprint density at radius 2 is 1.31 bits per heavy atom. The molecule has 0 aliphatic rings. The van der Waals surface area contributed by atoms with E-state index in [1.807, 2.05) is 19.9 Å². The first-order valence-electron chi connectivity index (χ1n) is 11.2. The molecule has 0 fully saturated rings. The van der Waals surface area contributed by atoms with Gasteiger partial charge in [0.05, 0.1) is 7.62 Å². The second-order valence-corrected chi connectivity index (χ2v) is 15.3. The summed E-state index contributed by atoms with van der Waals surface area (Å²) in [6.07, 6.45) is 9.74. The standard InChI is InChI=1S/C10H12BrNO.C5H5BrN2.C4H7ClO.C3H6I2.C3H8/c1-7(2)10(13)4-8-3-9(11)6-12-5-8;6-4-1-5(7)3-8-2-4;1-3(2)4(5)6;1-2-3(4)5;1-3-2/h3,5-7H,4H2,1-2H3;1-3H,7H2;3H,1-2H3;3H,2H2,1H3;3H2,1-2H3. The van der Waals surface area contributed by atoms with Crippen LogP contribution in [0.4, 0.5) is 5.69 Å². The van der Waals surface area contributed by atoms with Crippen molar-refractivity contribution in [1.82, 2.24) is 9.97 Å². The van der Waals surface area contributed by atoms with Crippen LogP contribution >= 0.6 is 88.6 Å². The maximum absolute atomic E-state index is 11.4. The lowest BCUT2D eigenvalue weighted by Gasteiger charge is -2.03. The van der Waals surface area contributed by atoms with Gasteiger partial charge in [0.15, 0.2) is 0 Å². The molecular weight excluding hydrogens is 823 g/mol. The second kappa shape index (κ2) is 25.8. The van der Waals surface area contributed by atoms with Crippen molar-refractivity contribution in [2.24, 2.45) is 11.8 Å². The fourth-order valence-electron chi connectivity index (χ4n) is 1.39. The van der Waals surface area contributed by atoms with E-state index in [1.54, 1.807) is 44.7 Å². The molecule has 2 heterocycles. The molecule has 0 aromatic carbocycles. The topological polar surface area (TPSA) is 85.9 Å². The number of hydrogen-bond donors (Lipinski definition) is 1. The van der Waals surface area contributed by atoms with E-state index in [2.05, 4.69) is 108 Å². The molecule has 0 spiro atoms. The van der Waals surface area contributed by atoms with Crippen LogP contribution in [0.5, 0.6) is 0 Å². The maximum atomic E-state index is 11.4. The summed E-state index contributed by atoms with van der Waals surface area (Å²) in [5, 5.41) is -0.269. The molecule has 0 aliphatic heterocycles. The van der Waals surface area contributed by atoms with E-state index >= 15 is 0 Å². The number of ketones is 1. The van der Waals surface area contributed by atoms with Crippen LogP contribution in [0.2, 0.25) is 0 Å². The van der Waals surface area contributed by atoms with Gasteiger partial charge in [-0.2, -0.15) is 0 Å². The van der Waals surface area contributed by atoms with Crippen molar-refractivity contribution in [2.75, 3.05) is 5.73 Å². The van der Waals surface area contributed by atoms with Crippen LogP contribution < -0.4 is 5.73 Å². The third kappa shape index (κ3) is 30.3. The zero-order valence-electron chi connectivity index (χ0n) is 21.5. The van der Waals surface area contributed by atoms with Gasteiger partial charge in [0.25, 0.3) is 0 Å². The van der Waals surface area contributed by atoms with E-state index < -0.39 is 0 Å². The number of nitrogen functional groups attached to an aromatic ring is 1. The number of alkyl halides is 2. The minimum absolute atomic E-state index is 0.0216. The van der Waals surface area contributed by atoms with Crippen molar-refractivity contribution in [3.05, 3.63) is 51.4 Å². The molecule has 2 aromatic rings. The molecule has 0 amide bonds. The first-order valence-corrected chi connectivity index (χ1v) is 15.6. The molecule has 2 aromatic heterocycles. The average Bonchev–Trinajstić information content (AvgIpc) is 2.75. The maximum Gasteiger partial charge on any atom is 0.224 e. The monoisotopic (exact) mass is 859 g/mol. The molecule has 0 atom stereocenters. The molecule has 2 rings (SSSR count). The summed E-state index contributed by atoms with van der Waals surface area (Å²) < 4.78 is 2.66. The van der Waals surface area contributed by atoms with E-state index in [-0.39, 0.29) is 22.9 Å². The Kier molecular flexibility index (Phi) is 29.2. The Morgan fingerprint density at radius 3 is 1.57 bits per heavy atom. The first kappa shape index (κ1) is 39.7. The van der Waals surface area contributed by atoms with Crippen LogP contribution in [0.1, 0.15) is 66.9 Å². The van der Waals surface area contributed by atoms with Crippen molar-refractivity contribution >= 4 is 105 Å². The zero-order chi connectivity index (χ0) is 28.0. The molecule has 0 saturated heterocycles. The van der Waals surface area contributed by atoms with Gasteiger partial charge in [-0.3, -0.25) is 19.6 Å². The number of nitrogens with two attached hydrogens (primary N) is 1.